The predicted octanol–water partition coefficient (Wildman–Crippen LogP) is 3.20. The largest absolute Gasteiger partial charge is 0.350 e. The standard InChI is InChI=1S/C13H16N2O2S2/c1-8(15(17)13(14)16)12-10(6-7-18)9-4-2-3-5-11(9)19-12/h2-5,8,17-18H,6-7H2,1H3,(H2,14,16). The predicted molar refractivity (Wildman–Crippen MR) is 81.0 cm³/mol. The van der Waals surface area contributed by atoms with Gasteiger partial charge in [-0.3, -0.25) is 5.21 Å². The molecule has 0 aliphatic rings. The Kier molecular flexibility index (Phi) is 4.34. The van der Waals surface area contributed by atoms with Gasteiger partial charge in [-0.05, 0) is 36.1 Å². The van der Waals surface area contributed by atoms with Crippen LogP contribution in [0.4, 0.5) is 4.79 Å². The molecule has 0 bridgehead atoms. The highest BCUT2D eigenvalue weighted by atomic mass is 32.1. The third kappa shape index (κ3) is 2.70. The van der Waals surface area contributed by atoms with Gasteiger partial charge in [0.1, 0.15) is 0 Å². The first-order chi connectivity index (χ1) is 9.06. The first-order valence-corrected chi connectivity index (χ1v) is 7.39. The molecule has 2 aromatic rings. The fourth-order valence-electron chi connectivity index (χ4n) is 2.13. The van der Waals surface area contributed by atoms with Crippen molar-refractivity contribution in [2.24, 2.45) is 5.73 Å². The fourth-order valence-corrected chi connectivity index (χ4v) is 3.64. The zero-order chi connectivity index (χ0) is 14.0. The Morgan fingerprint density at radius 3 is 2.84 bits per heavy atom. The number of hydrogen-bond acceptors (Lipinski definition) is 4. The molecule has 0 spiro atoms. The number of nitrogens with zero attached hydrogens (tertiary/aromatic N) is 1. The lowest BCUT2D eigenvalue weighted by atomic mass is 10.1. The molecule has 0 radical (unpaired) electrons. The van der Waals surface area contributed by atoms with Crippen molar-refractivity contribution >= 4 is 40.1 Å². The monoisotopic (exact) mass is 296 g/mol. The Hall–Kier alpha value is -1.24. The minimum absolute atomic E-state index is 0.454. The lowest BCUT2D eigenvalue weighted by Gasteiger charge is -2.20. The normalized spacial score (nSPS) is 12.6. The Labute approximate surface area is 121 Å². The lowest BCUT2D eigenvalue weighted by molar-refractivity contribution is -0.0701. The maximum absolute atomic E-state index is 11.1. The number of nitrogens with two attached hydrogens (primary N) is 1. The zero-order valence-corrected chi connectivity index (χ0v) is 12.2. The van der Waals surface area contributed by atoms with Crippen LogP contribution in [0.5, 0.6) is 0 Å². The summed E-state index contributed by atoms with van der Waals surface area (Å²) >= 11 is 5.85. The van der Waals surface area contributed by atoms with Crippen molar-refractivity contribution in [3.63, 3.8) is 0 Å². The third-order valence-electron chi connectivity index (χ3n) is 3.06. The van der Waals surface area contributed by atoms with E-state index >= 15 is 0 Å². The molecule has 1 atom stereocenters. The van der Waals surface area contributed by atoms with Crippen LogP contribution in [0.1, 0.15) is 23.4 Å². The molecule has 1 unspecified atom stereocenters. The van der Waals surface area contributed by atoms with E-state index in [0.29, 0.717) is 10.8 Å². The highest BCUT2D eigenvalue weighted by molar-refractivity contribution is 7.80. The first kappa shape index (κ1) is 14.2. The SMILES string of the molecule is CC(c1sc2ccccc2c1CCS)N(O)C(N)=O. The van der Waals surface area contributed by atoms with Crippen molar-refractivity contribution < 1.29 is 10.0 Å². The average Bonchev–Trinajstić information content (AvgIpc) is 2.76. The molecule has 1 aromatic heterocycles. The Balaban J connectivity index is 2.52. The number of carbonyl (C=O) groups excluding carboxylic acids is 1. The van der Waals surface area contributed by atoms with Crippen molar-refractivity contribution in [3.05, 3.63) is 34.7 Å². The fraction of sp³-hybridized carbons (Fsp3) is 0.308. The topological polar surface area (TPSA) is 66.6 Å². The molecule has 0 fully saturated rings. The molecular weight excluding hydrogens is 280 g/mol. The van der Waals surface area contributed by atoms with E-state index in [-0.39, 0.29) is 0 Å². The van der Waals surface area contributed by atoms with E-state index in [1.807, 2.05) is 24.3 Å². The summed E-state index contributed by atoms with van der Waals surface area (Å²) in [6.45, 7) is 1.76. The van der Waals surface area contributed by atoms with Gasteiger partial charge in [0.15, 0.2) is 0 Å². The van der Waals surface area contributed by atoms with Gasteiger partial charge in [0, 0.05) is 9.58 Å². The number of benzene rings is 1. The lowest BCUT2D eigenvalue weighted by Crippen LogP contribution is -2.34. The first-order valence-electron chi connectivity index (χ1n) is 5.95. The average molecular weight is 296 g/mol. The van der Waals surface area contributed by atoms with Gasteiger partial charge in [-0.1, -0.05) is 18.2 Å². The second-order valence-electron chi connectivity index (χ2n) is 4.27. The number of aryl methyl sites for hydroxylation is 1. The van der Waals surface area contributed by atoms with E-state index in [4.69, 9.17) is 5.73 Å². The van der Waals surface area contributed by atoms with E-state index in [1.54, 1.807) is 18.3 Å². The summed E-state index contributed by atoms with van der Waals surface area (Å²) < 4.78 is 1.14. The summed E-state index contributed by atoms with van der Waals surface area (Å²) in [6.07, 6.45) is 0.791. The molecule has 1 heterocycles. The number of amides is 2. The number of thiol groups is 1. The Bertz CT molecular complexity index is 597. The quantitative estimate of drug-likeness (QED) is 0.461. The highest BCUT2D eigenvalue weighted by Crippen LogP contribution is 2.37. The number of hydrogen-bond donors (Lipinski definition) is 3. The molecule has 3 N–H and O–H groups in total. The van der Waals surface area contributed by atoms with Crippen LogP contribution in [0.25, 0.3) is 10.1 Å². The summed E-state index contributed by atoms with van der Waals surface area (Å²) in [6, 6.07) is 6.74. The maximum Gasteiger partial charge on any atom is 0.339 e. The summed E-state index contributed by atoms with van der Waals surface area (Å²) in [5.41, 5.74) is 6.25. The number of primary amides is 1. The van der Waals surface area contributed by atoms with E-state index in [1.165, 1.54) is 0 Å². The maximum atomic E-state index is 11.1. The molecular formula is C13H16N2O2S2. The molecule has 0 aliphatic carbocycles. The molecule has 6 heteroatoms. The van der Waals surface area contributed by atoms with Crippen molar-refractivity contribution in [3.8, 4) is 0 Å². The molecule has 0 aliphatic heterocycles. The summed E-state index contributed by atoms with van der Waals surface area (Å²) in [4.78, 5) is 12.0. The van der Waals surface area contributed by atoms with Gasteiger partial charge in [0.2, 0.25) is 0 Å². The van der Waals surface area contributed by atoms with Gasteiger partial charge in [-0.25, -0.2) is 4.79 Å². The van der Waals surface area contributed by atoms with Crippen LogP contribution in [0.2, 0.25) is 0 Å². The van der Waals surface area contributed by atoms with Crippen LogP contribution in [0, 0.1) is 0 Å². The van der Waals surface area contributed by atoms with Crippen LogP contribution in [-0.4, -0.2) is 22.1 Å². The molecule has 0 saturated carbocycles. The van der Waals surface area contributed by atoms with E-state index in [0.717, 1.165) is 26.9 Å². The van der Waals surface area contributed by atoms with Gasteiger partial charge < -0.3 is 5.73 Å². The van der Waals surface area contributed by atoms with E-state index < -0.39 is 12.1 Å². The molecule has 19 heavy (non-hydrogen) atoms. The second-order valence-corrected chi connectivity index (χ2v) is 5.80. The molecule has 4 nitrogen and oxygen atoms in total. The number of thiophene rings is 1. The summed E-state index contributed by atoms with van der Waals surface area (Å²) in [7, 11) is 0. The molecule has 2 rings (SSSR count). The number of carbonyl (C=O) groups is 1. The Morgan fingerprint density at radius 2 is 2.21 bits per heavy atom. The zero-order valence-electron chi connectivity index (χ0n) is 10.5. The van der Waals surface area contributed by atoms with Crippen LogP contribution >= 0.6 is 24.0 Å². The van der Waals surface area contributed by atoms with Crippen molar-refractivity contribution in [2.45, 2.75) is 19.4 Å². The Morgan fingerprint density at radius 1 is 1.53 bits per heavy atom. The third-order valence-corrected chi connectivity index (χ3v) is 4.67. The summed E-state index contributed by atoms with van der Waals surface area (Å²) in [5, 5.41) is 11.4. The van der Waals surface area contributed by atoms with Crippen LogP contribution in [0.15, 0.2) is 24.3 Å². The van der Waals surface area contributed by atoms with E-state index in [9.17, 15) is 10.0 Å². The van der Waals surface area contributed by atoms with Crippen molar-refractivity contribution in [1.82, 2.24) is 5.06 Å². The molecule has 2 amide bonds. The van der Waals surface area contributed by atoms with Crippen LogP contribution < -0.4 is 5.73 Å². The van der Waals surface area contributed by atoms with Crippen molar-refractivity contribution in [2.75, 3.05) is 5.75 Å². The minimum atomic E-state index is -0.846. The molecule has 102 valence electrons. The van der Waals surface area contributed by atoms with Gasteiger partial charge in [0.25, 0.3) is 0 Å². The van der Waals surface area contributed by atoms with E-state index in [2.05, 4.69) is 12.6 Å². The number of urea groups is 1. The molecule has 0 saturated heterocycles. The van der Waals surface area contributed by atoms with Gasteiger partial charge in [-0.15, -0.1) is 11.3 Å². The number of rotatable bonds is 4. The van der Waals surface area contributed by atoms with Gasteiger partial charge in [-0.2, -0.15) is 17.7 Å². The van der Waals surface area contributed by atoms with Crippen molar-refractivity contribution in [1.29, 1.82) is 0 Å². The second kappa shape index (κ2) is 5.81. The highest BCUT2D eigenvalue weighted by Gasteiger charge is 2.23. The van der Waals surface area contributed by atoms with Gasteiger partial charge >= 0.3 is 6.03 Å². The van der Waals surface area contributed by atoms with Crippen LogP contribution in [0.3, 0.4) is 0 Å². The minimum Gasteiger partial charge on any atom is -0.350 e. The summed E-state index contributed by atoms with van der Waals surface area (Å²) in [5.74, 6) is 0.711. The molecule has 1 aromatic carbocycles. The van der Waals surface area contributed by atoms with Gasteiger partial charge in [0.05, 0.1) is 6.04 Å². The number of hydroxylamine groups is 2. The van der Waals surface area contributed by atoms with Crippen LogP contribution in [-0.2, 0) is 6.42 Å². The smallest absolute Gasteiger partial charge is 0.339 e. The number of fused-ring (bicyclic) bond motifs is 1.